The maximum absolute atomic E-state index is 12.5. The van der Waals surface area contributed by atoms with Crippen molar-refractivity contribution in [3.8, 4) is 0 Å². The molecule has 0 saturated heterocycles. The molecule has 0 fully saturated rings. The standard InChI is InChI=1S/C21H18N2O3.C20H16N2O3/c1-26-21(25)18-13-12-17(22-16-10-6-3-7-11-16)14-19(18)23-20(24)15-8-4-2-5-9-15;23-19(14-7-3-1-4-8-14)22-18-13-16(11-12-17(18)20(24)25)21-15-9-5-2-6-10-15/h2-14,22H,1H3,(H,23,24);1-13,21H,(H,22,23)(H,24,25). The van der Waals surface area contributed by atoms with Crippen LogP contribution in [-0.4, -0.2) is 36.0 Å². The van der Waals surface area contributed by atoms with Crippen LogP contribution in [0, 0.1) is 0 Å². The molecule has 0 aromatic heterocycles. The Balaban J connectivity index is 0.000000198. The van der Waals surface area contributed by atoms with E-state index in [0.717, 1.165) is 17.1 Å². The fourth-order valence-electron chi connectivity index (χ4n) is 4.87. The zero-order valence-corrected chi connectivity index (χ0v) is 27.5. The minimum atomic E-state index is -1.10. The van der Waals surface area contributed by atoms with Gasteiger partial charge in [-0.25, -0.2) is 9.59 Å². The number of ether oxygens (including phenoxy) is 1. The molecule has 0 atom stereocenters. The zero-order valence-electron chi connectivity index (χ0n) is 27.5. The summed E-state index contributed by atoms with van der Waals surface area (Å²) in [5.74, 6) is -2.28. The van der Waals surface area contributed by atoms with Crippen molar-refractivity contribution in [1.82, 2.24) is 0 Å². The van der Waals surface area contributed by atoms with E-state index in [4.69, 9.17) is 4.74 Å². The number of carboxylic acids is 1. The third-order valence-electron chi connectivity index (χ3n) is 7.37. The van der Waals surface area contributed by atoms with Crippen LogP contribution in [0.1, 0.15) is 41.4 Å². The number of amides is 2. The predicted molar refractivity (Wildman–Crippen MR) is 199 cm³/mol. The molecule has 10 nitrogen and oxygen atoms in total. The lowest BCUT2D eigenvalue weighted by atomic mass is 10.1. The average molecular weight is 679 g/mol. The molecule has 0 heterocycles. The van der Waals surface area contributed by atoms with Gasteiger partial charge in [-0.05, 0) is 84.9 Å². The second-order valence-corrected chi connectivity index (χ2v) is 10.9. The molecule has 6 rings (SSSR count). The molecule has 6 aromatic carbocycles. The molecule has 0 aliphatic carbocycles. The lowest BCUT2D eigenvalue weighted by molar-refractivity contribution is 0.0600. The molecule has 0 radical (unpaired) electrons. The first kappa shape index (κ1) is 35.1. The van der Waals surface area contributed by atoms with Gasteiger partial charge in [0.15, 0.2) is 0 Å². The van der Waals surface area contributed by atoms with Crippen molar-refractivity contribution in [1.29, 1.82) is 0 Å². The molecule has 51 heavy (non-hydrogen) atoms. The van der Waals surface area contributed by atoms with Crippen molar-refractivity contribution in [2.24, 2.45) is 0 Å². The number of carbonyl (C=O) groups is 4. The number of carbonyl (C=O) groups excluding carboxylic acids is 3. The summed E-state index contributed by atoms with van der Waals surface area (Å²) in [6.07, 6.45) is 0. The summed E-state index contributed by atoms with van der Waals surface area (Å²) in [5, 5.41) is 21.2. The normalized spacial score (nSPS) is 10.1. The molecular formula is C41H34N4O6. The third kappa shape index (κ3) is 9.91. The second kappa shape index (κ2) is 17.3. The summed E-state index contributed by atoms with van der Waals surface area (Å²) in [7, 11) is 1.31. The zero-order chi connectivity index (χ0) is 36.0. The summed E-state index contributed by atoms with van der Waals surface area (Å²) >= 11 is 0. The molecule has 0 bridgehead atoms. The number of aromatic carboxylic acids is 1. The van der Waals surface area contributed by atoms with Crippen molar-refractivity contribution in [2.45, 2.75) is 0 Å². The Morgan fingerprint density at radius 3 is 1.24 bits per heavy atom. The lowest BCUT2D eigenvalue weighted by Crippen LogP contribution is -2.15. The molecule has 254 valence electrons. The molecule has 10 heteroatoms. The molecule has 6 aromatic rings. The van der Waals surface area contributed by atoms with Crippen molar-refractivity contribution in [3.05, 3.63) is 180 Å². The quantitative estimate of drug-likeness (QED) is 0.0904. The average Bonchev–Trinajstić information content (AvgIpc) is 3.16. The molecular weight excluding hydrogens is 644 g/mol. The first-order valence-electron chi connectivity index (χ1n) is 15.8. The number of hydrogen-bond donors (Lipinski definition) is 5. The number of hydrogen-bond acceptors (Lipinski definition) is 7. The number of rotatable bonds is 10. The first-order valence-corrected chi connectivity index (χ1v) is 15.8. The molecule has 0 aliphatic heterocycles. The maximum atomic E-state index is 12.5. The maximum Gasteiger partial charge on any atom is 0.339 e. The van der Waals surface area contributed by atoms with Crippen LogP contribution < -0.4 is 21.3 Å². The largest absolute Gasteiger partial charge is 0.478 e. The van der Waals surface area contributed by atoms with Crippen LogP contribution in [0.3, 0.4) is 0 Å². The fourth-order valence-corrected chi connectivity index (χ4v) is 4.87. The van der Waals surface area contributed by atoms with E-state index in [1.54, 1.807) is 78.9 Å². The van der Waals surface area contributed by atoms with Crippen LogP contribution in [0.2, 0.25) is 0 Å². The number of nitrogens with one attached hydrogen (secondary N) is 4. The van der Waals surface area contributed by atoms with Gasteiger partial charge in [-0.2, -0.15) is 0 Å². The molecule has 2 amide bonds. The number of para-hydroxylation sites is 2. The van der Waals surface area contributed by atoms with E-state index in [2.05, 4.69) is 21.3 Å². The smallest absolute Gasteiger partial charge is 0.339 e. The fraction of sp³-hybridized carbons (Fsp3) is 0.0244. The Morgan fingerprint density at radius 1 is 0.471 bits per heavy atom. The molecule has 0 unspecified atom stereocenters. The lowest BCUT2D eigenvalue weighted by Gasteiger charge is -2.13. The van der Waals surface area contributed by atoms with E-state index >= 15 is 0 Å². The van der Waals surface area contributed by atoms with E-state index in [-0.39, 0.29) is 28.6 Å². The minimum Gasteiger partial charge on any atom is -0.478 e. The Morgan fingerprint density at radius 2 is 0.843 bits per heavy atom. The highest BCUT2D eigenvalue weighted by molar-refractivity contribution is 6.09. The number of carboxylic acid groups (broad SMARTS) is 1. The predicted octanol–water partition coefficient (Wildman–Crippen LogP) is 8.85. The summed E-state index contributed by atoms with van der Waals surface area (Å²) in [5.41, 5.74) is 5.09. The summed E-state index contributed by atoms with van der Waals surface area (Å²) in [6, 6.07) is 46.4. The number of methoxy groups -OCH3 is 1. The molecule has 0 aliphatic rings. The van der Waals surface area contributed by atoms with Crippen LogP contribution in [0.15, 0.2) is 158 Å². The van der Waals surface area contributed by atoms with Gasteiger partial charge in [0.1, 0.15) is 0 Å². The molecule has 0 saturated carbocycles. The number of anilines is 6. The van der Waals surface area contributed by atoms with Gasteiger partial charge < -0.3 is 31.1 Å². The van der Waals surface area contributed by atoms with E-state index in [1.807, 2.05) is 72.8 Å². The van der Waals surface area contributed by atoms with Gasteiger partial charge in [-0.3, -0.25) is 9.59 Å². The second-order valence-electron chi connectivity index (χ2n) is 10.9. The van der Waals surface area contributed by atoms with Gasteiger partial charge in [0.05, 0.1) is 29.6 Å². The van der Waals surface area contributed by atoms with Crippen LogP contribution in [-0.2, 0) is 4.74 Å². The van der Waals surface area contributed by atoms with Crippen molar-refractivity contribution >= 4 is 57.9 Å². The number of benzene rings is 6. The summed E-state index contributed by atoms with van der Waals surface area (Å²) in [4.78, 5) is 48.3. The van der Waals surface area contributed by atoms with E-state index < -0.39 is 11.9 Å². The van der Waals surface area contributed by atoms with Gasteiger partial charge >= 0.3 is 11.9 Å². The van der Waals surface area contributed by atoms with E-state index in [0.29, 0.717) is 22.5 Å². The SMILES string of the molecule is COC(=O)c1ccc(Nc2ccccc2)cc1NC(=O)c1ccccc1.O=C(Nc1cc(Nc2ccccc2)ccc1C(=O)O)c1ccccc1. The van der Waals surface area contributed by atoms with Crippen molar-refractivity contribution in [2.75, 3.05) is 28.4 Å². The van der Waals surface area contributed by atoms with Gasteiger partial charge in [0, 0.05) is 33.9 Å². The van der Waals surface area contributed by atoms with Crippen molar-refractivity contribution in [3.63, 3.8) is 0 Å². The van der Waals surface area contributed by atoms with Crippen molar-refractivity contribution < 1.29 is 29.0 Å². The summed E-state index contributed by atoms with van der Waals surface area (Å²) in [6.45, 7) is 0. The Labute approximate surface area is 294 Å². The topological polar surface area (TPSA) is 146 Å². The number of esters is 1. The van der Waals surface area contributed by atoms with Gasteiger partial charge in [-0.1, -0.05) is 72.8 Å². The van der Waals surface area contributed by atoms with Gasteiger partial charge in [-0.15, -0.1) is 0 Å². The van der Waals surface area contributed by atoms with Crippen LogP contribution in [0.4, 0.5) is 34.1 Å². The van der Waals surface area contributed by atoms with Crippen LogP contribution in [0.25, 0.3) is 0 Å². The monoisotopic (exact) mass is 678 g/mol. The highest BCUT2D eigenvalue weighted by Crippen LogP contribution is 2.26. The van der Waals surface area contributed by atoms with Crippen LogP contribution in [0.5, 0.6) is 0 Å². The summed E-state index contributed by atoms with van der Waals surface area (Å²) < 4.78 is 4.81. The third-order valence-corrected chi connectivity index (χ3v) is 7.37. The molecule has 5 N–H and O–H groups in total. The Hall–Kier alpha value is -7.20. The first-order chi connectivity index (χ1) is 24.8. The van der Waals surface area contributed by atoms with Gasteiger partial charge in [0.2, 0.25) is 0 Å². The Bertz CT molecular complexity index is 2110. The van der Waals surface area contributed by atoms with Crippen LogP contribution >= 0.6 is 0 Å². The highest BCUT2D eigenvalue weighted by Gasteiger charge is 2.17. The molecule has 0 spiro atoms. The van der Waals surface area contributed by atoms with E-state index in [1.165, 1.54) is 13.2 Å². The highest BCUT2D eigenvalue weighted by atomic mass is 16.5. The minimum absolute atomic E-state index is 0.0305. The van der Waals surface area contributed by atoms with Gasteiger partial charge in [0.25, 0.3) is 11.8 Å². The Kier molecular flexibility index (Phi) is 11.9. The van der Waals surface area contributed by atoms with E-state index in [9.17, 15) is 24.3 Å².